The van der Waals surface area contributed by atoms with Crippen LogP contribution in [0.1, 0.15) is 5.82 Å². The number of rotatable bonds is 2. The maximum Gasteiger partial charge on any atom is 0.272 e. The van der Waals surface area contributed by atoms with Crippen molar-refractivity contribution in [1.29, 1.82) is 0 Å². The number of H-pyrrole nitrogens is 1. The van der Waals surface area contributed by atoms with E-state index in [0.29, 0.717) is 0 Å². The lowest BCUT2D eigenvalue weighted by Crippen LogP contribution is -2.12. The molecule has 0 fully saturated rings. The van der Waals surface area contributed by atoms with Crippen LogP contribution in [0.3, 0.4) is 0 Å². The smallest absolute Gasteiger partial charge is 0.272 e. The molecule has 1 aromatic rings. The van der Waals surface area contributed by atoms with Crippen LogP contribution in [0.5, 0.6) is 0 Å². The van der Waals surface area contributed by atoms with Crippen molar-refractivity contribution < 1.29 is 13.0 Å². The molecule has 12 heavy (non-hydrogen) atoms. The molecule has 7 heteroatoms. The molecule has 2 N–H and O–H groups in total. The number of hydrogen-bond donors (Lipinski definition) is 2. The molecule has 1 heterocycles. The molecule has 0 spiro atoms. The molecule has 0 aliphatic rings. The van der Waals surface area contributed by atoms with E-state index in [1.54, 1.807) is 0 Å². The Kier molecular flexibility index (Phi) is 2.25. The molecule has 0 aliphatic carbocycles. The number of hydrogen-bond acceptors (Lipinski definition) is 4. The number of aromatic nitrogens is 2. The SMILES string of the molecule is O=c1ccnc(CS(=O)(=O)O)[nH]1. The Morgan fingerprint density at radius 2 is 2.25 bits per heavy atom. The molecule has 6 nitrogen and oxygen atoms in total. The molecule has 0 atom stereocenters. The van der Waals surface area contributed by atoms with E-state index in [0.717, 1.165) is 6.07 Å². The average molecular weight is 190 g/mol. The lowest BCUT2D eigenvalue weighted by molar-refractivity contribution is 0.480. The molecular formula is C5H6N2O4S. The first kappa shape index (κ1) is 8.88. The number of aromatic amines is 1. The summed E-state index contributed by atoms with van der Waals surface area (Å²) < 4.78 is 29.0. The van der Waals surface area contributed by atoms with Crippen LogP contribution < -0.4 is 5.56 Å². The summed E-state index contributed by atoms with van der Waals surface area (Å²) in [5.41, 5.74) is -0.455. The van der Waals surface area contributed by atoms with Gasteiger partial charge in [-0.05, 0) is 0 Å². The zero-order valence-corrected chi connectivity index (χ0v) is 6.71. The third-order valence-electron chi connectivity index (χ3n) is 1.04. The molecule has 0 aliphatic heterocycles. The van der Waals surface area contributed by atoms with Gasteiger partial charge >= 0.3 is 0 Å². The minimum atomic E-state index is -4.13. The van der Waals surface area contributed by atoms with Crippen LogP contribution in [0.2, 0.25) is 0 Å². The van der Waals surface area contributed by atoms with Crippen molar-refractivity contribution in [3.8, 4) is 0 Å². The van der Waals surface area contributed by atoms with Gasteiger partial charge in [-0.3, -0.25) is 9.35 Å². The summed E-state index contributed by atoms with van der Waals surface area (Å²) in [7, 11) is -4.13. The van der Waals surface area contributed by atoms with E-state index in [1.165, 1.54) is 6.20 Å². The molecule has 0 saturated heterocycles. The molecule has 0 unspecified atom stereocenters. The highest BCUT2D eigenvalue weighted by Crippen LogP contribution is 1.92. The standard InChI is InChI=1S/C5H6N2O4S/c8-5-1-2-6-4(7-5)3-12(9,10)11/h1-2H,3H2,(H,6,7,8)(H,9,10,11). The quantitative estimate of drug-likeness (QED) is 0.592. The van der Waals surface area contributed by atoms with Gasteiger partial charge in [-0.15, -0.1) is 0 Å². The Morgan fingerprint density at radius 1 is 1.58 bits per heavy atom. The second-order valence-corrected chi connectivity index (χ2v) is 3.56. The van der Waals surface area contributed by atoms with Crippen molar-refractivity contribution in [1.82, 2.24) is 9.97 Å². The van der Waals surface area contributed by atoms with Crippen LogP contribution in [0.4, 0.5) is 0 Å². The zero-order chi connectivity index (χ0) is 9.19. The highest BCUT2D eigenvalue weighted by molar-refractivity contribution is 7.84. The van der Waals surface area contributed by atoms with E-state index < -0.39 is 21.4 Å². The highest BCUT2D eigenvalue weighted by atomic mass is 32.2. The molecule has 0 amide bonds. The fraction of sp³-hybridized carbons (Fsp3) is 0.200. The topological polar surface area (TPSA) is 100 Å². The average Bonchev–Trinajstić information content (AvgIpc) is 1.82. The highest BCUT2D eigenvalue weighted by Gasteiger charge is 2.07. The molecule has 0 bridgehead atoms. The summed E-state index contributed by atoms with van der Waals surface area (Å²) in [6, 6.07) is 1.15. The molecule has 66 valence electrons. The Balaban J connectivity index is 2.99. The Labute approximate surface area is 68.0 Å². The molecule has 1 rings (SSSR count). The fourth-order valence-corrected chi connectivity index (χ4v) is 1.15. The number of nitrogens with zero attached hydrogens (tertiary/aromatic N) is 1. The molecule has 0 saturated carbocycles. The van der Waals surface area contributed by atoms with Gasteiger partial charge in [0.15, 0.2) is 0 Å². The van der Waals surface area contributed by atoms with Gasteiger partial charge in [0.25, 0.3) is 15.7 Å². The predicted octanol–water partition coefficient (Wildman–Crippen LogP) is -0.842. The second-order valence-electron chi connectivity index (χ2n) is 2.11. The third-order valence-corrected chi connectivity index (χ3v) is 1.68. The van der Waals surface area contributed by atoms with Crippen molar-refractivity contribution in [2.75, 3.05) is 0 Å². The number of nitrogens with one attached hydrogen (secondary N) is 1. The van der Waals surface area contributed by atoms with E-state index in [9.17, 15) is 13.2 Å². The van der Waals surface area contributed by atoms with Crippen molar-refractivity contribution >= 4 is 10.1 Å². The van der Waals surface area contributed by atoms with Gasteiger partial charge in [0, 0.05) is 12.3 Å². The summed E-state index contributed by atoms with van der Waals surface area (Å²) in [5, 5.41) is 0. The van der Waals surface area contributed by atoms with Crippen molar-refractivity contribution in [3.05, 3.63) is 28.4 Å². The molecule has 0 aromatic carbocycles. The normalized spacial score (nSPS) is 11.4. The Hall–Kier alpha value is -1.21. The van der Waals surface area contributed by atoms with E-state index in [1.807, 2.05) is 0 Å². The summed E-state index contributed by atoms with van der Waals surface area (Å²) in [5.74, 6) is -0.756. The van der Waals surface area contributed by atoms with E-state index in [4.69, 9.17) is 4.55 Å². The predicted molar refractivity (Wildman–Crippen MR) is 40.1 cm³/mol. The van der Waals surface area contributed by atoms with Crippen molar-refractivity contribution in [3.63, 3.8) is 0 Å². The van der Waals surface area contributed by atoms with Crippen LogP contribution in [-0.2, 0) is 15.9 Å². The van der Waals surface area contributed by atoms with Crippen LogP contribution in [0, 0.1) is 0 Å². The van der Waals surface area contributed by atoms with Gasteiger partial charge in [0.1, 0.15) is 11.6 Å². The summed E-state index contributed by atoms with van der Waals surface area (Å²) >= 11 is 0. The largest absolute Gasteiger partial charge is 0.310 e. The van der Waals surface area contributed by atoms with Gasteiger partial charge in [0.05, 0.1) is 0 Å². The first-order valence-electron chi connectivity index (χ1n) is 2.97. The van der Waals surface area contributed by atoms with Gasteiger partial charge in [-0.1, -0.05) is 0 Å². The molecular weight excluding hydrogens is 184 g/mol. The first-order chi connectivity index (χ1) is 5.47. The van der Waals surface area contributed by atoms with Gasteiger partial charge in [0.2, 0.25) is 0 Å². The molecule has 1 aromatic heterocycles. The fourth-order valence-electron chi connectivity index (χ4n) is 0.657. The minimum absolute atomic E-state index is 0.0787. The maximum atomic E-state index is 10.6. The monoisotopic (exact) mass is 190 g/mol. The maximum absolute atomic E-state index is 10.6. The van der Waals surface area contributed by atoms with Crippen LogP contribution in [0.25, 0.3) is 0 Å². The van der Waals surface area contributed by atoms with Gasteiger partial charge in [-0.25, -0.2) is 4.98 Å². The Morgan fingerprint density at radius 3 is 2.75 bits per heavy atom. The summed E-state index contributed by atoms with van der Waals surface area (Å²) in [4.78, 5) is 16.3. The Bertz CT molecular complexity index is 421. The van der Waals surface area contributed by atoms with Crippen molar-refractivity contribution in [2.45, 2.75) is 5.75 Å². The summed E-state index contributed by atoms with van der Waals surface area (Å²) in [6.07, 6.45) is 1.17. The lowest BCUT2D eigenvalue weighted by Gasteiger charge is -1.94. The van der Waals surface area contributed by atoms with Crippen LogP contribution in [-0.4, -0.2) is 22.9 Å². The van der Waals surface area contributed by atoms with E-state index in [-0.39, 0.29) is 5.82 Å². The van der Waals surface area contributed by atoms with Crippen LogP contribution >= 0.6 is 0 Å². The minimum Gasteiger partial charge on any atom is -0.310 e. The van der Waals surface area contributed by atoms with E-state index in [2.05, 4.69) is 9.97 Å². The lowest BCUT2D eigenvalue weighted by atomic mass is 10.6. The van der Waals surface area contributed by atoms with E-state index >= 15 is 0 Å². The first-order valence-corrected chi connectivity index (χ1v) is 4.58. The van der Waals surface area contributed by atoms with Gasteiger partial charge < -0.3 is 4.98 Å². The molecule has 0 radical (unpaired) electrons. The second kappa shape index (κ2) is 3.03. The summed E-state index contributed by atoms with van der Waals surface area (Å²) in [6.45, 7) is 0. The van der Waals surface area contributed by atoms with Crippen LogP contribution in [0.15, 0.2) is 17.1 Å². The third kappa shape index (κ3) is 2.81. The van der Waals surface area contributed by atoms with Crippen molar-refractivity contribution in [2.24, 2.45) is 0 Å². The zero-order valence-electron chi connectivity index (χ0n) is 5.89. The van der Waals surface area contributed by atoms with Gasteiger partial charge in [-0.2, -0.15) is 8.42 Å².